The average Bonchev–Trinajstić information content (AvgIpc) is 2.27. The molecule has 1 aromatic carbocycles. The van der Waals surface area contributed by atoms with Crippen LogP contribution in [0.25, 0.3) is 0 Å². The van der Waals surface area contributed by atoms with E-state index < -0.39 is 0 Å². The minimum Gasteiger partial charge on any atom is -0.328 e. The molecule has 0 aromatic heterocycles. The molecule has 1 fully saturated rings. The van der Waals surface area contributed by atoms with E-state index in [9.17, 15) is 0 Å². The summed E-state index contributed by atoms with van der Waals surface area (Å²) in [7, 11) is 0. The molecule has 0 aliphatic heterocycles. The summed E-state index contributed by atoms with van der Waals surface area (Å²) in [5, 5.41) is 0.772. The summed E-state index contributed by atoms with van der Waals surface area (Å²) in [5.41, 5.74) is 11.9. The molecule has 0 amide bonds. The zero-order chi connectivity index (χ0) is 13.1. The Morgan fingerprint density at radius 1 is 1.17 bits per heavy atom. The number of thioether (sulfide) groups is 1. The molecule has 0 spiro atoms. The summed E-state index contributed by atoms with van der Waals surface area (Å²) in [6.45, 7) is 6.65. The number of aryl methyl sites for hydroxylation is 3. The van der Waals surface area contributed by atoms with Gasteiger partial charge in [0, 0.05) is 17.0 Å². The maximum Gasteiger partial charge on any atom is 0.0192 e. The SMILES string of the molecule is Cc1cc(C)c(CS[C@@H]2CCC[C@H](N)C2)c(C)c1. The van der Waals surface area contributed by atoms with Gasteiger partial charge in [0.05, 0.1) is 0 Å². The lowest BCUT2D eigenvalue weighted by molar-refractivity contribution is 0.451. The third kappa shape index (κ3) is 3.52. The van der Waals surface area contributed by atoms with Gasteiger partial charge in [-0.3, -0.25) is 0 Å². The van der Waals surface area contributed by atoms with Crippen molar-refractivity contribution in [3.8, 4) is 0 Å². The van der Waals surface area contributed by atoms with E-state index in [4.69, 9.17) is 5.73 Å². The van der Waals surface area contributed by atoms with Gasteiger partial charge in [-0.15, -0.1) is 0 Å². The zero-order valence-electron chi connectivity index (χ0n) is 11.8. The highest BCUT2D eigenvalue weighted by Gasteiger charge is 2.19. The average molecular weight is 263 g/mol. The highest BCUT2D eigenvalue weighted by molar-refractivity contribution is 7.99. The summed E-state index contributed by atoms with van der Waals surface area (Å²) < 4.78 is 0. The van der Waals surface area contributed by atoms with Crippen LogP contribution in [0.5, 0.6) is 0 Å². The van der Waals surface area contributed by atoms with E-state index in [1.165, 1.54) is 47.9 Å². The summed E-state index contributed by atoms with van der Waals surface area (Å²) in [6.07, 6.45) is 5.08. The Kier molecular flexibility index (Phi) is 4.74. The van der Waals surface area contributed by atoms with Crippen LogP contribution in [0.2, 0.25) is 0 Å². The highest BCUT2D eigenvalue weighted by Crippen LogP contribution is 2.31. The van der Waals surface area contributed by atoms with Crippen LogP contribution in [-0.2, 0) is 5.75 Å². The minimum absolute atomic E-state index is 0.441. The van der Waals surface area contributed by atoms with Crippen LogP contribution in [-0.4, -0.2) is 11.3 Å². The summed E-state index contributed by atoms with van der Waals surface area (Å²) in [5.74, 6) is 1.15. The van der Waals surface area contributed by atoms with Crippen molar-refractivity contribution < 1.29 is 0 Å². The van der Waals surface area contributed by atoms with Gasteiger partial charge in [0.15, 0.2) is 0 Å². The molecular formula is C16H25NS. The fourth-order valence-electron chi connectivity index (χ4n) is 2.97. The molecule has 0 saturated heterocycles. The van der Waals surface area contributed by atoms with Crippen molar-refractivity contribution in [1.29, 1.82) is 0 Å². The predicted molar refractivity (Wildman–Crippen MR) is 82.2 cm³/mol. The Bertz CT molecular complexity index is 391. The van der Waals surface area contributed by atoms with Crippen molar-refractivity contribution >= 4 is 11.8 Å². The smallest absolute Gasteiger partial charge is 0.0192 e. The van der Waals surface area contributed by atoms with Gasteiger partial charge in [-0.1, -0.05) is 24.1 Å². The first-order valence-electron chi connectivity index (χ1n) is 7.00. The molecule has 1 nitrogen and oxygen atoms in total. The molecule has 0 bridgehead atoms. The molecule has 0 heterocycles. The van der Waals surface area contributed by atoms with E-state index in [-0.39, 0.29) is 0 Å². The van der Waals surface area contributed by atoms with Gasteiger partial charge in [-0.25, -0.2) is 0 Å². The van der Waals surface area contributed by atoms with Crippen LogP contribution < -0.4 is 5.73 Å². The van der Waals surface area contributed by atoms with Crippen LogP contribution in [0.1, 0.15) is 47.9 Å². The van der Waals surface area contributed by atoms with Crippen molar-refractivity contribution in [3.63, 3.8) is 0 Å². The van der Waals surface area contributed by atoms with Crippen molar-refractivity contribution in [1.82, 2.24) is 0 Å². The normalized spacial score (nSPS) is 24.2. The van der Waals surface area contributed by atoms with Gasteiger partial charge in [-0.2, -0.15) is 11.8 Å². The topological polar surface area (TPSA) is 26.0 Å². The first-order chi connectivity index (χ1) is 8.56. The fourth-order valence-corrected chi connectivity index (χ4v) is 4.55. The Morgan fingerprint density at radius 2 is 1.83 bits per heavy atom. The molecule has 100 valence electrons. The molecular weight excluding hydrogens is 238 g/mol. The molecule has 2 rings (SSSR count). The highest BCUT2D eigenvalue weighted by atomic mass is 32.2. The zero-order valence-corrected chi connectivity index (χ0v) is 12.6. The molecule has 2 atom stereocenters. The van der Waals surface area contributed by atoms with Crippen LogP contribution in [0, 0.1) is 20.8 Å². The summed E-state index contributed by atoms with van der Waals surface area (Å²) in [6, 6.07) is 5.04. The van der Waals surface area contributed by atoms with Gasteiger partial charge < -0.3 is 5.73 Å². The van der Waals surface area contributed by atoms with E-state index in [1.54, 1.807) is 0 Å². The number of hydrogen-bond donors (Lipinski definition) is 1. The second kappa shape index (κ2) is 6.12. The van der Waals surface area contributed by atoms with Gasteiger partial charge >= 0.3 is 0 Å². The molecule has 1 aliphatic rings. The Labute approximate surface area is 116 Å². The predicted octanol–water partition coefficient (Wildman–Crippen LogP) is 4.11. The Morgan fingerprint density at radius 3 is 2.44 bits per heavy atom. The first-order valence-corrected chi connectivity index (χ1v) is 8.05. The van der Waals surface area contributed by atoms with Gasteiger partial charge in [0.2, 0.25) is 0 Å². The maximum absolute atomic E-state index is 6.06. The van der Waals surface area contributed by atoms with Crippen LogP contribution in [0.3, 0.4) is 0 Å². The van der Waals surface area contributed by atoms with E-state index in [2.05, 4.69) is 44.7 Å². The van der Waals surface area contributed by atoms with Gasteiger partial charge in [-0.05, 0) is 56.7 Å². The molecule has 2 heteroatoms. The van der Waals surface area contributed by atoms with Crippen molar-refractivity contribution in [2.24, 2.45) is 5.73 Å². The quantitative estimate of drug-likeness (QED) is 0.888. The summed E-state index contributed by atoms with van der Waals surface area (Å²) in [4.78, 5) is 0. The van der Waals surface area contributed by atoms with E-state index in [0.717, 1.165) is 11.0 Å². The van der Waals surface area contributed by atoms with Gasteiger partial charge in [0.25, 0.3) is 0 Å². The third-order valence-corrected chi connectivity index (χ3v) is 5.33. The molecule has 0 radical (unpaired) electrons. The Hall–Kier alpha value is -0.470. The lowest BCUT2D eigenvalue weighted by Gasteiger charge is -2.26. The molecule has 18 heavy (non-hydrogen) atoms. The van der Waals surface area contributed by atoms with Crippen molar-refractivity contribution in [3.05, 3.63) is 34.4 Å². The number of nitrogens with two attached hydrogens (primary N) is 1. The first kappa shape index (κ1) is 14.0. The van der Waals surface area contributed by atoms with Crippen LogP contribution in [0.15, 0.2) is 12.1 Å². The number of benzene rings is 1. The molecule has 2 N–H and O–H groups in total. The molecule has 1 aromatic rings. The maximum atomic E-state index is 6.06. The Balaban J connectivity index is 1.97. The van der Waals surface area contributed by atoms with E-state index in [1.807, 2.05) is 0 Å². The second-order valence-electron chi connectivity index (χ2n) is 5.74. The van der Waals surface area contributed by atoms with E-state index in [0.29, 0.717) is 6.04 Å². The standard InChI is InChI=1S/C16H25NS/c1-11-7-12(2)16(13(3)8-11)10-18-15-6-4-5-14(17)9-15/h7-8,14-15H,4-6,9-10,17H2,1-3H3/t14-,15+/m0/s1. The minimum atomic E-state index is 0.441. The second-order valence-corrected chi connectivity index (χ2v) is 7.03. The monoisotopic (exact) mass is 263 g/mol. The fraction of sp³-hybridized carbons (Fsp3) is 0.625. The lowest BCUT2D eigenvalue weighted by atomic mass is 9.96. The van der Waals surface area contributed by atoms with Gasteiger partial charge in [0.1, 0.15) is 0 Å². The third-order valence-electron chi connectivity index (χ3n) is 3.97. The number of hydrogen-bond acceptors (Lipinski definition) is 2. The largest absolute Gasteiger partial charge is 0.328 e. The molecule has 1 saturated carbocycles. The van der Waals surface area contributed by atoms with Crippen molar-refractivity contribution in [2.75, 3.05) is 0 Å². The van der Waals surface area contributed by atoms with Crippen LogP contribution >= 0.6 is 11.8 Å². The van der Waals surface area contributed by atoms with E-state index >= 15 is 0 Å². The molecule has 1 aliphatic carbocycles. The van der Waals surface area contributed by atoms with Crippen LogP contribution in [0.4, 0.5) is 0 Å². The molecule has 0 unspecified atom stereocenters. The number of rotatable bonds is 3. The van der Waals surface area contributed by atoms with Crippen molar-refractivity contribution in [2.45, 2.75) is 63.5 Å². The lowest BCUT2D eigenvalue weighted by Crippen LogP contribution is -2.29. The summed E-state index contributed by atoms with van der Waals surface area (Å²) >= 11 is 2.11.